The number of para-hydroxylation sites is 1. The molecule has 88 valence electrons. The van der Waals surface area contributed by atoms with Gasteiger partial charge >= 0.3 is 5.97 Å². The number of hydrogen-bond acceptors (Lipinski definition) is 4. The molecule has 0 aliphatic rings. The van der Waals surface area contributed by atoms with Gasteiger partial charge in [0.15, 0.2) is 0 Å². The zero-order chi connectivity index (χ0) is 12.3. The Morgan fingerprint density at radius 2 is 2.24 bits per heavy atom. The molecule has 0 saturated carbocycles. The van der Waals surface area contributed by atoms with E-state index in [0.717, 1.165) is 10.9 Å². The molecule has 0 aliphatic heterocycles. The lowest BCUT2D eigenvalue weighted by molar-refractivity contribution is -0.142. The van der Waals surface area contributed by atoms with Gasteiger partial charge in [-0.25, -0.2) is 0 Å². The molecule has 0 aliphatic carbocycles. The fraction of sp³-hybridized carbons (Fsp3) is 0.231. The van der Waals surface area contributed by atoms with Crippen molar-refractivity contribution in [2.24, 2.45) is 0 Å². The van der Waals surface area contributed by atoms with Gasteiger partial charge in [-0.15, -0.1) is 0 Å². The minimum absolute atomic E-state index is 0.0590. The van der Waals surface area contributed by atoms with Gasteiger partial charge in [0.05, 0.1) is 25.2 Å². The normalized spacial score (nSPS) is 12.4. The van der Waals surface area contributed by atoms with Crippen LogP contribution >= 0.6 is 0 Å². The standard InChI is InChI=1S/C13H13NO3/c1-17-13(16)7-12(15)10-6-9-4-2-3-5-11(9)14-8-10/h2-6,8,12,15H,7H2,1H3. The molecule has 0 spiro atoms. The van der Waals surface area contributed by atoms with Crippen LogP contribution in [0.1, 0.15) is 18.1 Å². The smallest absolute Gasteiger partial charge is 0.308 e. The molecule has 0 fully saturated rings. The first-order valence-corrected chi connectivity index (χ1v) is 5.30. The number of methoxy groups -OCH3 is 1. The summed E-state index contributed by atoms with van der Waals surface area (Å²) in [6.45, 7) is 0. The maximum absolute atomic E-state index is 11.1. The number of esters is 1. The first-order chi connectivity index (χ1) is 8.20. The number of aliphatic hydroxyl groups is 1. The number of ether oxygens (including phenoxy) is 1. The summed E-state index contributed by atoms with van der Waals surface area (Å²) in [6.07, 6.45) is 0.645. The average Bonchev–Trinajstić information content (AvgIpc) is 2.38. The van der Waals surface area contributed by atoms with E-state index in [9.17, 15) is 9.90 Å². The van der Waals surface area contributed by atoms with Crippen LogP contribution in [0, 0.1) is 0 Å². The van der Waals surface area contributed by atoms with E-state index in [1.165, 1.54) is 7.11 Å². The highest BCUT2D eigenvalue weighted by molar-refractivity contribution is 5.79. The van der Waals surface area contributed by atoms with Crippen molar-refractivity contribution in [3.8, 4) is 0 Å². The lowest BCUT2D eigenvalue weighted by Gasteiger charge is -2.09. The zero-order valence-corrected chi connectivity index (χ0v) is 9.46. The molecular formula is C13H13NO3. The van der Waals surface area contributed by atoms with Gasteiger partial charge in [-0.1, -0.05) is 18.2 Å². The Bertz CT molecular complexity index is 539. The predicted octanol–water partition coefficient (Wildman–Crippen LogP) is 1.83. The second kappa shape index (κ2) is 4.93. The molecule has 0 amide bonds. The molecule has 1 unspecified atom stereocenters. The summed E-state index contributed by atoms with van der Waals surface area (Å²) >= 11 is 0. The Hall–Kier alpha value is -1.94. The summed E-state index contributed by atoms with van der Waals surface area (Å²) in [5.41, 5.74) is 1.48. The van der Waals surface area contributed by atoms with Crippen LogP contribution < -0.4 is 0 Å². The van der Waals surface area contributed by atoms with Crippen molar-refractivity contribution in [2.45, 2.75) is 12.5 Å². The summed E-state index contributed by atoms with van der Waals surface area (Å²) in [5.74, 6) is -0.439. The maximum Gasteiger partial charge on any atom is 0.308 e. The van der Waals surface area contributed by atoms with Crippen molar-refractivity contribution >= 4 is 16.9 Å². The van der Waals surface area contributed by atoms with Gasteiger partial charge in [-0.05, 0) is 12.1 Å². The molecule has 1 heterocycles. The molecule has 2 aromatic rings. The number of rotatable bonds is 3. The highest BCUT2D eigenvalue weighted by Crippen LogP contribution is 2.20. The van der Waals surface area contributed by atoms with Gasteiger partial charge in [-0.3, -0.25) is 9.78 Å². The Morgan fingerprint density at radius 1 is 1.47 bits per heavy atom. The van der Waals surface area contributed by atoms with Crippen molar-refractivity contribution < 1.29 is 14.6 Å². The topological polar surface area (TPSA) is 59.4 Å². The maximum atomic E-state index is 11.1. The number of fused-ring (bicyclic) bond motifs is 1. The fourth-order valence-corrected chi connectivity index (χ4v) is 1.63. The van der Waals surface area contributed by atoms with Crippen LogP contribution in [0.5, 0.6) is 0 Å². The molecule has 4 heteroatoms. The van der Waals surface area contributed by atoms with Crippen LogP contribution in [-0.4, -0.2) is 23.2 Å². The molecular weight excluding hydrogens is 218 g/mol. The second-order valence-corrected chi connectivity index (χ2v) is 3.76. The predicted molar refractivity (Wildman–Crippen MR) is 63.3 cm³/mol. The lowest BCUT2D eigenvalue weighted by atomic mass is 10.1. The molecule has 1 atom stereocenters. The van der Waals surface area contributed by atoms with Gasteiger partial charge in [0.1, 0.15) is 0 Å². The highest BCUT2D eigenvalue weighted by atomic mass is 16.5. The Morgan fingerprint density at radius 3 is 3.00 bits per heavy atom. The van der Waals surface area contributed by atoms with Crippen LogP contribution in [0.15, 0.2) is 36.5 Å². The largest absolute Gasteiger partial charge is 0.469 e. The van der Waals surface area contributed by atoms with Gasteiger partial charge < -0.3 is 9.84 Å². The van der Waals surface area contributed by atoms with E-state index in [-0.39, 0.29) is 6.42 Å². The number of aliphatic hydroxyl groups excluding tert-OH is 1. The van der Waals surface area contributed by atoms with E-state index in [2.05, 4.69) is 9.72 Å². The van der Waals surface area contributed by atoms with Gasteiger partial charge in [-0.2, -0.15) is 0 Å². The van der Waals surface area contributed by atoms with E-state index in [1.807, 2.05) is 30.3 Å². The minimum Gasteiger partial charge on any atom is -0.469 e. The number of carbonyl (C=O) groups is 1. The third-order valence-electron chi connectivity index (χ3n) is 2.58. The highest BCUT2D eigenvalue weighted by Gasteiger charge is 2.13. The summed E-state index contributed by atoms with van der Waals surface area (Å²) in [7, 11) is 1.30. The number of carbonyl (C=O) groups excluding carboxylic acids is 1. The number of nitrogens with zero attached hydrogens (tertiary/aromatic N) is 1. The average molecular weight is 231 g/mol. The number of hydrogen-bond donors (Lipinski definition) is 1. The third-order valence-corrected chi connectivity index (χ3v) is 2.58. The van der Waals surface area contributed by atoms with Gasteiger partial charge in [0.2, 0.25) is 0 Å². The molecule has 1 N–H and O–H groups in total. The fourth-order valence-electron chi connectivity index (χ4n) is 1.63. The van der Waals surface area contributed by atoms with E-state index in [1.54, 1.807) is 6.20 Å². The molecule has 0 saturated heterocycles. The summed E-state index contributed by atoms with van der Waals surface area (Å²) in [5, 5.41) is 10.8. The SMILES string of the molecule is COC(=O)CC(O)c1cnc2ccccc2c1. The molecule has 4 nitrogen and oxygen atoms in total. The van der Waals surface area contributed by atoms with Crippen molar-refractivity contribution in [3.63, 3.8) is 0 Å². The summed E-state index contributed by atoms with van der Waals surface area (Å²) in [4.78, 5) is 15.3. The van der Waals surface area contributed by atoms with Crippen LogP contribution in [0.3, 0.4) is 0 Å². The van der Waals surface area contributed by atoms with Crippen molar-refractivity contribution in [3.05, 3.63) is 42.1 Å². The Labute approximate surface area is 98.9 Å². The van der Waals surface area contributed by atoms with E-state index in [4.69, 9.17) is 0 Å². The molecule has 0 radical (unpaired) electrons. The van der Waals surface area contributed by atoms with E-state index in [0.29, 0.717) is 5.56 Å². The second-order valence-electron chi connectivity index (χ2n) is 3.76. The molecule has 17 heavy (non-hydrogen) atoms. The zero-order valence-electron chi connectivity index (χ0n) is 9.46. The molecule has 0 bridgehead atoms. The number of pyridine rings is 1. The van der Waals surface area contributed by atoms with Crippen LogP contribution in [0.25, 0.3) is 10.9 Å². The Balaban J connectivity index is 2.26. The first kappa shape index (κ1) is 11.5. The summed E-state index contributed by atoms with van der Waals surface area (Å²) in [6, 6.07) is 9.44. The van der Waals surface area contributed by atoms with Crippen LogP contribution in [0.4, 0.5) is 0 Å². The molecule has 1 aromatic heterocycles. The van der Waals surface area contributed by atoms with E-state index >= 15 is 0 Å². The quantitative estimate of drug-likeness (QED) is 0.819. The first-order valence-electron chi connectivity index (χ1n) is 5.30. The van der Waals surface area contributed by atoms with Crippen LogP contribution in [0.2, 0.25) is 0 Å². The Kier molecular flexibility index (Phi) is 3.35. The summed E-state index contributed by atoms with van der Waals surface area (Å²) < 4.78 is 4.51. The van der Waals surface area contributed by atoms with E-state index < -0.39 is 12.1 Å². The monoisotopic (exact) mass is 231 g/mol. The number of benzene rings is 1. The number of aromatic nitrogens is 1. The third kappa shape index (κ3) is 2.60. The van der Waals surface area contributed by atoms with Crippen molar-refractivity contribution in [1.82, 2.24) is 4.98 Å². The van der Waals surface area contributed by atoms with Crippen molar-refractivity contribution in [2.75, 3.05) is 7.11 Å². The minimum atomic E-state index is -0.875. The molecule has 1 aromatic carbocycles. The molecule has 2 rings (SSSR count). The van der Waals surface area contributed by atoms with Crippen molar-refractivity contribution in [1.29, 1.82) is 0 Å². The van der Waals surface area contributed by atoms with Gasteiger partial charge in [0.25, 0.3) is 0 Å². The van der Waals surface area contributed by atoms with Gasteiger partial charge in [0, 0.05) is 17.1 Å². The lowest BCUT2D eigenvalue weighted by Crippen LogP contribution is -2.08. The van der Waals surface area contributed by atoms with Crippen LogP contribution in [-0.2, 0) is 9.53 Å².